The van der Waals surface area contributed by atoms with Gasteiger partial charge in [0.15, 0.2) is 0 Å². The number of halogens is 1. The molecule has 1 N–H and O–H groups in total. The Kier molecular flexibility index (Phi) is 16.9. The third-order valence-corrected chi connectivity index (χ3v) is 5.28. The van der Waals surface area contributed by atoms with Crippen LogP contribution in [0.1, 0.15) is 75.1 Å². The van der Waals surface area contributed by atoms with Gasteiger partial charge < -0.3 is 19.3 Å². The SMILES string of the molecule is C=C(C)C(=O)Cl.C=C(C)C(=O)OC(C)(C)CCOC(=O)c1ccccc1.CC(C)(O)CCOC(=O)c1ccccc1. The van der Waals surface area contributed by atoms with E-state index in [9.17, 15) is 24.3 Å². The minimum Gasteiger partial charge on any atom is -0.462 e. The van der Waals surface area contributed by atoms with E-state index in [0.717, 1.165) is 0 Å². The van der Waals surface area contributed by atoms with Crippen LogP contribution in [0.3, 0.4) is 0 Å². The highest BCUT2D eigenvalue weighted by atomic mass is 35.5. The first-order valence-electron chi connectivity index (χ1n) is 12.9. The van der Waals surface area contributed by atoms with Crippen LogP contribution in [-0.2, 0) is 23.8 Å². The molecule has 0 heterocycles. The number of carbonyl (C=O) groups is 4. The number of hydrogen-bond donors (Lipinski definition) is 1. The van der Waals surface area contributed by atoms with Crippen molar-refractivity contribution in [1.82, 2.24) is 0 Å². The third kappa shape index (κ3) is 19.0. The maximum Gasteiger partial charge on any atom is 0.338 e. The smallest absolute Gasteiger partial charge is 0.338 e. The number of ether oxygens (including phenoxy) is 3. The van der Waals surface area contributed by atoms with Gasteiger partial charge in [0, 0.05) is 24.0 Å². The summed E-state index contributed by atoms with van der Waals surface area (Å²) in [5.41, 5.74) is 0.276. The van der Waals surface area contributed by atoms with Crippen LogP contribution in [0.2, 0.25) is 0 Å². The Morgan fingerprint density at radius 2 is 1.10 bits per heavy atom. The second-order valence-electron chi connectivity index (χ2n) is 10.3. The summed E-state index contributed by atoms with van der Waals surface area (Å²) in [6, 6.07) is 17.6. The zero-order valence-electron chi connectivity index (χ0n) is 24.7. The highest BCUT2D eigenvalue weighted by molar-refractivity contribution is 6.67. The molecule has 224 valence electrons. The Labute approximate surface area is 248 Å². The van der Waals surface area contributed by atoms with Crippen molar-refractivity contribution in [3.63, 3.8) is 0 Å². The first-order chi connectivity index (χ1) is 18.9. The van der Waals surface area contributed by atoms with Gasteiger partial charge in [0.2, 0.25) is 5.24 Å². The van der Waals surface area contributed by atoms with E-state index < -0.39 is 22.4 Å². The van der Waals surface area contributed by atoms with Crippen LogP contribution in [0.5, 0.6) is 0 Å². The van der Waals surface area contributed by atoms with Crippen LogP contribution in [0, 0.1) is 0 Å². The van der Waals surface area contributed by atoms with E-state index in [0.29, 0.717) is 35.1 Å². The van der Waals surface area contributed by atoms with Crippen LogP contribution in [0.15, 0.2) is 85.0 Å². The second kappa shape index (κ2) is 18.6. The normalized spacial score (nSPS) is 10.4. The lowest BCUT2D eigenvalue weighted by Crippen LogP contribution is -2.30. The fourth-order valence-corrected chi connectivity index (χ4v) is 2.49. The quantitative estimate of drug-likeness (QED) is 0.137. The summed E-state index contributed by atoms with van der Waals surface area (Å²) in [4.78, 5) is 44.4. The van der Waals surface area contributed by atoms with Gasteiger partial charge in [0.1, 0.15) is 5.60 Å². The third-order valence-electron chi connectivity index (χ3n) is 4.96. The van der Waals surface area contributed by atoms with Gasteiger partial charge in [0.25, 0.3) is 0 Å². The minimum atomic E-state index is -0.795. The van der Waals surface area contributed by atoms with Crippen molar-refractivity contribution < 1.29 is 38.5 Å². The molecule has 2 aromatic carbocycles. The molecule has 0 fully saturated rings. The molecule has 0 amide bonds. The predicted molar refractivity (Wildman–Crippen MR) is 160 cm³/mol. The van der Waals surface area contributed by atoms with E-state index in [4.69, 9.17) is 25.8 Å². The van der Waals surface area contributed by atoms with E-state index in [1.807, 2.05) is 12.1 Å². The van der Waals surface area contributed by atoms with E-state index in [2.05, 4.69) is 13.2 Å². The first kappa shape index (κ1) is 37.2. The number of aliphatic hydroxyl groups is 1. The Balaban J connectivity index is 0.000000669. The zero-order valence-corrected chi connectivity index (χ0v) is 25.5. The van der Waals surface area contributed by atoms with Gasteiger partial charge >= 0.3 is 17.9 Å². The van der Waals surface area contributed by atoms with Crippen LogP contribution in [-0.4, -0.2) is 52.7 Å². The predicted octanol–water partition coefficient (Wildman–Crippen LogP) is 6.46. The van der Waals surface area contributed by atoms with Gasteiger partial charge in [0.05, 0.1) is 29.9 Å². The highest BCUT2D eigenvalue weighted by Gasteiger charge is 2.23. The van der Waals surface area contributed by atoms with Gasteiger partial charge in [-0.1, -0.05) is 49.6 Å². The Bertz CT molecular complexity index is 1140. The fraction of sp³-hybridized carbons (Fsp3) is 0.375. The van der Waals surface area contributed by atoms with Crippen molar-refractivity contribution in [3.05, 3.63) is 96.1 Å². The summed E-state index contributed by atoms with van der Waals surface area (Å²) in [7, 11) is 0. The number of benzene rings is 2. The van der Waals surface area contributed by atoms with Crippen molar-refractivity contribution in [2.75, 3.05) is 13.2 Å². The number of hydrogen-bond acceptors (Lipinski definition) is 8. The number of rotatable bonds is 11. The van der Waals surface area contributed by atoms with E-state index in [-0.39, 0.29) is 25.2 Å². The van der Waals surface area contributed by atoms with Crippen molar-refractivity contribution in [3.8, 4) is 0 Å². The molecular formula is C32H41ClO8. The topological polar surface area (TPSA) is 116 Å². The fourth-order valence-electron chi connectivity index (χ4n) is 2.49. The van der Waals surface area contributed by atoms with Crippen molar-refractivity contribution in [2.24, 2.45) is 0 Å². The number of allylic oxidation sites excluding steroid dienone is 1. The molecular weight excluding hydrogens is 548 g/mol. The monoisotopic (exact) mass is 588 g/mol. The molecule has 0 aliphatic heterocycles. The van der Waals surface area contributed by atoms with E-state index in [1.165, 1.54) is 0 Å². The average molecular weight is 589 g/mol. The molecule has 2 aromatic rings. The van der Waals surface area contributed by atoms with Crippen LogP contribution in [0.25, 0.3) is 0 Å². The summed E-state index contributed by atoms with van der Waals surface area (Å²) >= 11 is 4.87. The molecule has 0 spiro atoms. The van der Waals surface area contributed by atoms with Crippen molar-refractivity contribution in [2.45, 2.75) is 65.6 Å². The van der Waals surface area contributed by atoms with Crippen molar-refractivity contribution in [1.29, 1.82) is 0 Å². The molecule has 0 saturated carbocycles. The van der Waals surface area contributed by atoms with Gasteiger partial charge in [-0.25, -0.2) is 14.4 Å². The van der Waals surface area contributed by atoms with Crippen LogP contribution < -0.4 is 0 Å². The standard InChI is InChI=1S/C16H20O4.C12H16O3.C4H5ClO/c1-12(2)14(17)20-16(3,4)10-11-19-15(18)13-8-6-5-7-9-13;1-12(2,14)8-9-15-11(13)10-6-4-3-5-7-10;1-3(2)4(5)6/h5-9H,1,10-11H2,2-4H3;3-7,14H,8-9H2,1-2H3;1H2,2H3. The Morgan fingerprint density at radius 3 is 1.41 bits per heavy atom. The Morgan fingerprint density at radius 1 is 0.732 bits per heavy atom. The molecule has 0 unspecified atom stereocenters. The molecule has 0 aliphatic rings. The molecule has 9 heteroatoms. The molecule has 0 bridgehead atoms. The molecule has 0 saturated heterocycles. The lowest BCUT2D eigenvalue weighted by atomic mass is 10.1. The summed E-state index contributed by atoms with van der Waals surface area (Å²) < 4.78 is 15.4. The molecule has 8 nitrogen and oxygen atoms in total. The van der Waals surface area contributed by atoms with Crippen molar-refractivity contribution >= 4 is 34.8 Å². The summed E-state index contributed by atoms with van der Waals surface area (Å²) in [5.74, 6) is -1.17. The maximum absolute atomic E-state index is 11.7. The molecule has 0 atom stereocenters. The number of carbonyl (C=O) groups excluding carboxylic acids is 4. The lowest BCUT2D eigenvalue weighted by Gasteiger charge is -2.24. The van der Waals surface area contributed by atoms with Gasteiger partial charge in [-0.2, -0.15) is 0 Å². The molecule has 0 radical (unpaired) electrons. The van der Waals surface area contributed by atoms with E-state index >= 15 is 0 Å². The molecule has 0 aromatic heterocycles. The minimum absolute atomic E-state index is 0.185. The summed E-state index contributed by atoms with van der Waals surface area (Å²) in [5, 5.41) is 8.95. The maximum atomic E-state index is 11.7. The van der Waals surface area contributed by atoms with Crippen LogP contribution >= 0.6 is 11.6 Å². The molecule has 2 rings (SSSR count). The van der Waals surface area contributed by atoms with Gasteiger partial charge in [-0.05, 0) is 77.4 Å². The summed E-state index contributed by atoms with van der Waals surface area (Å²) in [6.07, 6.45) is 0.857. The highest BCUT2D eigenvalue weighted by Crippen LogP contribution is 2.17. The second-order valence-corrected chi connectivity index (χ2v) is 10.6. The van der Waals surface area contributed by atoms with E-state index in [1.54, 1.807) is 90.1 Å². The van der Waals surface area contributed by atoms with Gasteiger partial charge in [-0.3, -0.25) is 4.79 Å². The lowest BCUT2D eigenvalue weighted by molar-refractivity contribution is -0.152. The largest absolute Gasteiger partial charge is 0.462 e. The summed E-state index contributed by atoms with van der Waals surface area (Å²) in [6.45, 7) is 17.3. The van der Waals surface area contributed by atoms with Gasteiger partial charge in [-0.15, -0.1) is 0 Å². The average Bonchev–Trinajstić information content (AvgIpc) is 2.89. The number of esters is 3. The van der Waals surface area contributed by atoms with Crippen LogP contribution in [0.4, 0.5) is 0 Å². The first-order valence-corrected chi connectivity index (χ1v) is 13.2. The molecule has 41 heavy (non-hydrogen) atoms. The zero-order chi connectivity index (χ0) is 31.6. The molecule has 0 aliphatic carbocycles. The Hall–Kier alpha value is -3.75.